The van der Waals surface area contributed by atoms with Gasteiger partial charge in [-0.15, -0.1) is 0 Å². The van der Waals surface area contributed by atoms with Gasteiger partial charge in [-0.2, -0.15) is 0 Å². The average Bonchev–Trinajstić information content (AvgIpc) is 2.36. The highest BCUT2D eigenvalue weighted by atomic mass is 16.5. The fraction of sp³-hybridized carbons (Fsp3) is 0.500. The molecule has 0 radical (unpaired) electrons. The number of aliphatic carboxylic acids is 1. The number of benzene rings is 1. The summed E-state index contributed by atoms with van der Waals surface area (Å²) in [6.45, 7) is 3.33. The Hall–Kier alpha value is -1.39. The molecule has 0 saturated heterocycles. The van der Waals surface area contributed by atoms with Gasteiger partial charge in [0.25, 0.3) is 0 Å². The van der Waals surface area contributed by atoms with E-state index in [-0.39, 0.29) is 12.6 Å². The molecule has 18 heavy (non-hydrogen) atoms. The molecule has 0 spiro atoms. The zero-order valence-electron chi connectivity index (χ0n) is 11.0. The van der Waals surface area contributed by atoms with Crippen LogP contribution in [0.2, 0.25) is 0 Å². The predicted molar refractivity (Wildman–Crippen MR) is 70.6 cm³/mol. The van der Waals surface area contributed by atoms with Gasteiger partial charge in [0.1, 0.15) is 0 Å². The number of hydrogen-bond donors (Lipinski definition) is 1. The van der Waals surface area contributed by atoms with Crippen molar-refractivity contribution in [1.29, 1.82) is 0 Å². The molecule has 0 amide bonds. The molecule has 0 aromatic heterocycles. The number of rotatable bonds is 8. The number of nitrogens with zero attached hydrogens (tertiary/aromatic N) is 1. The van der Waals surface area contributed by atoms with E-state index in [1.165, 1.54) is 0 Å². The van der Waals surface area contributed by atoms with Gasteiger partial charge < -0.3 is 9.84 Å². The standard InChI is InChI=1S/C14H21NO3/c1-3-9-15(10-14(16)17)13(11-18-2)12-7-5-4-6-8-12/h4-8,13H,3,9-11H2,1-2H3,(H,16,17). The highest BCUT2D eigenvalue weighted by molar-refractivity contribution is 5.69. The fourth-order valence-corrected chi connectivity index (χ4v) is 2.05. The lowest BCUT2D eigenvalue weighted by molar-refractivity contribution is -0.139. The second kappa shape index (κ2) is 7.84. The summed E-state index contributed by atoms with van der Waals surface area (Å²) in [7, 11) is 1.64. The Morgan fingerprint density at radius 3 is 2.56 bits per heavy atom. The second-order valence-corrected chi connectivity index (χ2v) is 4.25. The predicted octanol–water partition coefficient (Wildman–Crippen LogP) is 2.17. The molecule has 0 aliphatic carbocycles. The Morgan fingerprint density at radius 1 is 1.39 bits per heavy atom. The molecule has 0 fully saturated rings. The lowest BCUT2D eigenvalue weighted by Crippen LogP contribution is -2.36. The first kappa shape index (κ1) is 14.7. The number of hydrogen-bond acceptors (Lipinski definition) is 3. The van der Waals surface area contributed by atoms with Crippen LogP contribution in [0.4, 0.5) is 0 Å². The number of carboxylic acids is 1. The minimum absolute atomic E-state index is 0.00718. The molecule has 0 aliphatic heterocycles. The van der Waals surface area contributed by atoms with Gasteiger partial charge in [0.05, 0.1) is 19.2 Å². The summed E-state index contributed by atoms with van der Waals surface area (Å²) < 4.78 is 5.23. The third kappa shape index (κ3) is 4.47. The summed E-state index contributed by atoms with van der Waals surface area (Å²) >= 11 is 0. The van der Waals surface area contributed by atoms with E-state index < -0.39 is 5.97 Å². The third-order valence-electron chi connectivity index (χ3n) is 2.80. The second-order valence-electron chi connectivity index (χ2n) is 4.25. The molecule has 1 aromatic carbocycles. The first-order valence-corrected chi connectivity index (χ1v) is 6.18. The van der Waals surface area contributed by atoms with Crippen molar-refractivity contribution < 1.29 is 14.6 Å². The van der Waals surface area contributed by atoms with E-state index in [2.05, 4.69) is 0 Å². The maximum atomic E-state index is 10.9. The van der Waals surface area contributed by atoms with Crippen LogP contribution < -0.4 is 0 Å². The molecule has 1 rings (SSSR count). The van der Waals surface area contributed by atoms with Gasteiger partial charge in [-0.3, -0.25) is 9.69 Å². The molecule has 0 saturated carbocycles. The SMILES string of the molecule is CCCN(CC(=O)O)C(COC)c1ccccc1. The maximum absolute atomic E-state index is 10.9. The van der Waals surface area contributed by atoms with Crippen molar-refractivity contribution in [3.8, 4) is 0 Å². The summed E-state index contributed by atoms with van der Waals surface area (Å²) in [6.07, 6.45) is 0.917. The lowest BCUT2D eigenvalue weighted by atomic mass is 10.1. The Morgan fingerprint density at radius 2 is 2.06 bits per heavy atom. The molecule has 1 N–H and O–H groups in total. The summed E-state index contributed by atoms with van der Waals surface area (Å²) in [5.41, 5.74) is 1.09. The van der Waals surface area contributed by atoms with Gasteiger partial charge in [0.15, 0.2) is 0 Å². The fourth-order valence-electron chi connectivity index (χ4n) is 2.05. The van der Waals surface area contributed by atoms with Gasteiger partial charge in [-0.05, 0) is 18.5 Å². The van der Waals surface area contributed by atoms with Crippen LogP contribution in [-0.2, 0) is 9.53 Å². The van der Waals surface area contributed by atoms with Crippen LogP contribution in [0, 0.1) is 0 Å². The molecular formula is C14H21NO3. The monoisotopic (exact) mass is 251 g/mol. The van der Waals surface area contributed by atoms with Crippen molar-refractivity contribution in [3.05, 3.63) is 35.9 Å². The molecule has 0 aliphatic rings. The number of ether oxygens (including phenoxy) is 1. The zero-order valence-corrected chi connectivity index (χ0v) is 11.0. The van der Waals surface area contributed by atoms with E-state index in [9.17, 15) is 4.79 Å². The lowest BCUT2D eigenvalue weighted by Gasteiger charge is -2.30. The van der Waals surface area contributed by atoms with Gasteiger partial charge in [-0.1, -0.05) is 37.3 Å². The molecule has 100 valence electrons. The minimum Gasteiger partial charge on any atom is -0.480 e. The average molecular weight is 251 g/mol. The highest BCUT2D eigenvalue weighted by Gasteiger charge is 2.21. The molecule has 0 heterocycles. The highest BCUT2D eigenvalue weighted by Crippen LogP contribution is 2.21. The number of carbonyl (C=O) groups is 1. The van der Waals surface area contributed by atoms with Crippen LogP contribution >= 0.6 is 0 Å². The molecule has 4 heteroatoms. The van der Waals surface area contributed by atoms with Crippen LogP contribution in [0.15, 0.2) is 30.3 Å². The maximum Gasteiger partial charge on any atom is 0.317 e. The van der Waals surface area contributed by atoms with Gasteiger partial charge >= 0.3 is 5.97 Å². The van der Waals surface area contributed by atoms with Crippen LogP contribution in [0.3, 0.4) is 0 Å². The van der Waals surface area contributed by atoms with Crippen molar-refractivity contribution in [2.24, 2.45) is 0 Å². The van der Waals surface area contributed by atoms with E-state index >= 15 is 0 Å². The Labute approximate surface area is 108 Å². The summed E-state index contributed by atoms with van der Waals surface area (Å²) in [5, 5.41) is 8.99. The minimum atomic E-state index is -0.805. The quantitative estimate of drug-likeness (QED) is 0.769. The van der Waals surface area contributed by atoms with Crippen molar-refractivity contribution >= 4 is 5.97 Å². The van der Waals surface area contributed by atoms with E-state index in [1.807, 2.05) is 42.2 Å². The van der Waals surface area contributed by atoms with Crippen LogP contribution in [-0.4, -0.2) is 42.8 Å². The molecule has 1 aromatic rings. The van der Waals surface area contributed by atoms with E-state index in [1.54, 1.807) is 7.11 Å². The molecule has 0 bridgehead atoms. The van der Waals surface area contributed by atoms with E-state index in [0.717, 1.165) is 18.5 Å². The zero-order chi connectivity index (χ0) is 13.4. The molecule has 4 nitrogen and oxygen atoms in total. The van der Waals surface area contributed by atoms with Crippen molar-refractivity contribution in [2.75, 3.05) is 26.8 Å². The third-order valence-corrected chi connectivity index (χ3v) is 2.80. The Bertz CT molecular complexity index is 353. The van der Waals surface area contributed by atoms with Crippen LogP contribution in [0.25, 0.3) is 0 Å². The van der Waals surface area contributed by atoms with Crippen molar-refractivity contribution in [1.82, 2.24) is 4.90 Å². The normalized spacial score (nSPS) is 12.6. The van der Waals surface area contributed by atoms with Crippen molar-refractivity contribution in [3.63, 3.8) is 0 Å². The van der Waals surface area contributed by atoms with Gasteiger partial charge in [-0.25, -0.2) is 0 Å². The molecule has 1 atom stereocenters. The summed E-state index contributed by atoms with van der Waals surface area (Å²) in [5.74, 6) is -0.805. The van der Waals surface area contributed by atoms with E-state index in [4.69, 9.17) is 9.84 Å². The Balaban J connectivity index is 2.88. The first-order valence-electron chi connectivity index (χ1n) is 6.18. The number of carboxylic acid groups (broad SMARTS) is 1. The summed E-state index contributed by atoms with van der Waals surface area (Å²) in [6, 6.07) is 9.88. The summed E-state index contributed by atoms with van der Waals surface area (Å²) in [4.78, 5) is 12.9. The van der Waals surface area contributed by atoms with E-state index in [0.29, 0.717) is 6.61 Å². The van der Waals surface area contributed by atoms with Gasteiger partial charge in [0.2, 0.25) is 0 Å². The topological polar surface area (TPSA) is 49.8 Å². The van der Waals surface area contributed by atoms with Gasteiger partial charge in [0, 0.05) is 7.11 Å². The molecule has 1 unspecified atom stereocenters. The first-order chi connectivity index (χ1) is 8.69. The Kier molecular flexibility index (Phi) is 6.39. The number of methoxy groups -OCH3 is 1. The molecular weight excluding hydrogens is 230 g/mol. The van der Waals surface area contributed by atoms with Crippen LogP contribution in [0.1, 0.15) is 24.9 Å². The van der Waals surface area contributed by atoms with Crippen LogP contribution in [0.5, 0.6) is 0 Å². The van der Waals surface area contributed by atoms with Crippen molar-refractivity contribution in [2.45, 2.75) is 19.4 Å². The smallest absolute Gasteiger partial charge is 0.317 e. The largest absolute Gasteiger partial charge is 0.480 e.